The lowest BCUT2D eigenvalue weighted by atomic mass is 10.1. The molecule has 2 unspecified atom stereocenters. The van der Waals surface area contributed by atoms with Gasteiger partial charge < -0.3 is 20.1 Å². The molecule has 1 saturated heterocycles. The molecule has 2 atom stereocenters. The number of ether oxygens (including phenoxy) is 2. The lowest BCUT2D eigenvalue weighted by Crippen LogP contribution is -2.40. The van der Waals surface area contributed by atoms with Gasteiger partial charge in [0.2, 0.25) is 0 Å². The van der Waals surface area contributed by atoms with E-state index in [4.69, 9.17) is 15.2 Å². The number of carbonyl (C=O) groups is 1. The first kappa shape index (κ1) is 15.8. The van der Waals surface area contributed by atoms with Crippen LogP contribution in [0.1, 0.15) is 26.3 Å². The van der Waals surface area contributed by atoms with Gasteiger partial charge in [-0.15, -0.1) is 0 Å². The van der Waals surface area contributed by atoms with Crippen molar-refractivity contribution in [1.29, 1.82) is 0 Å². The molecule has 1 aromatic carbocycles. The van der Waals surface area contributed by atoms with Crippen LogP contribution in [-0.4, -0.2) is 41.8 Å². The number of hydrogen-bond donors (Lipinski definition) is 1. The molecule has 1 aromatic rings. The van der Waals surface area contributed by atoms with E-state index in [0.717, 1.165) is 5.56 Å². The van der Waals surface area contributed by atoms with E-state index in [1.54, 1.807) is 4.90 Å². The van der Waals surface area contributed by atoms with E-state index < -0.39 is 0 Å². The van der Waals surface area contributed by atoms with E-state index in [9.17, 15) is 4.79 Å². The van der Waals surface area contributed by atoms with Gasteiger partial charge in [0.05, 0.1) is 24.3 Å². The summed E-state index contributed by atoms with van der Waals surface area (Å²) in [4.78, 5) is 13.7. The van der Waals surface area contributed by atoms with Crippen molar-refractivity contribution in [2.24, 2.45) is 5.73 Å². The Hall–Kier alpha value is -1.59. The van der Waals surface area contributed by atoms with Crippen LogP contribution in [0, 0.1) is 0 Å². The first-order valence-corrected chi connectivity index (χ1v) is 7.24. The lowest BCUT2D eigenvalue weighted by Gasteiger charge is -2.26. The van der Waals surface area contributed by atoms with Crippen molar-refractivity contribution in [2.75, 3.05) is 13.1 Å². The van der Waals surface area contributed by atoms with Crippen molar-refractivity contribution in [1.82, 2.24) is 4.90 Å². The average Bonchev–Trinajstić information content (AvgIpc) is 2.77. The summed E-state index contributed by atoms with van der Waals surface area (Å²) in [5.41, 5.74) is 6.74. The van der Waals surface area contributed by atoms with Gasteiger partial charge in [-0.1, -0.05) is 30.3 Å². The van der Waals surface area contributed by atoms with Crippen LogP contribution >= 0.6 is 0 Å². The molecule has 21 heavy (non-hydrogen) atoms. The Bertz CT molecular complexity index is 470. The van der Waals surface area contributed by atoms with Crippen molar-refractivity contribution >= 4 is 6.09 Å². The van der Waals surface area contributed by atoms with Gasteiger partial charge in [-0.05, 0) is 26.3 Å². The molecule has 2 N–H and O–H groups in total. The smallest absolute Gasteiger partial charge is 0.410 e. The van der Waals surface area contributed by atoms with Gasteiger partial charge >= 0.3 is 6.09 Å². The highest BCUT2D eigenvalue weighted by Gasteiger charge is 2.36. The number of benzene rings is 1. The Labute approximate surface area is 126 Å². The molecule has 1 amide bonds. The third-order valence-electron chi connectivity index (χ3n) is 3.28. The van der Waals surface area contributed by atoms with Crippen LogP contribution in [0.25, 0.3) is 0 Å². The highest BCUT2D eigenvalue weighted by Crippen LogP contribution is 2.19. The quantitative estimate of drug-likeness (QED) is 0.927. The number of rotatable bonds is 3. The van der Waals surface area contributed by atoms with Crippen LogP contribution in [0.15, 0.2) is 30.3 Å². The van der Waals surface area contributed by atoms with Gasteiger partial charge in [0.15, 0.2) is 0 Å². The molecule has 1 aliphatic heterocycles. The molecular formula is C16H24N2O3. The summed E-state index contributed by atoms with van der Waals surface area (Å²) in [5, 5.41) is 0. The molecule has 5 nitrogen and oxygen atoms in total. The van der Waals surface area contributed by atoms with Crippen LogP contribution in [0.5, 0.6) is 0 Å². The maximum Gasteiger partial charge on any atom is 0.410 e. The molecule has 1 fully saturated rings. The van der Waals surface area contributed by atoms with Gasteiger partial charge in [-0.25, -0.2) is 4.79 Å². The Balaban J connectivity index is 1.84. The first-order chi connectivity index (χ1) is 9.85. The second kappa shape index (κ2) is 6.45. The average molecular weight is 292 g/mol. The Morgan fingerprint density at radius 2 is 1.95 bits per heavy atom. The normalized spacial score (nSPS) is 22.4. The molecule has 1 heterocycles. The fourth-order valence-electron chi connectivity index (χ4n) is 2.34. The summed E-state index contributed by atoms with van der Waals surface area (Å²) in [6.45, 7) is 7.17. The number of carbonyl (C=O) groups excluding carboxylic acids is 1. The molecule has 0 spiro atoms. The van der Waals surface area contributed by atoms with Gasteiger partial charge in [0, 0.05) is 6.54 Å². The van der Waals surface area contributed by atoms with Crippen molar-refractivity contribution < 1.29 is 14.3 Å². The predicted octanol–water partition coefficient (Wildman–Crippen LogP) is 2.15. The minimum atomic E-state index is -0.339. The molecule has 0 aliphatic carbocycles. The van der Waals surface area contributed by atoms with Gasteiger partial charge in [-0.2, -0.15) is 0 Å². The fraction of sp³-hybridized carbons (Fsp3) is 0.562. The molecule has 0 radical (unpaired) electrons. The highest BCUT2D eigenvalue weighted by atomic mass is 16.6. The van der Waals surface area contributed by atoms with E-state index >= 15 is 0 Å². The van der Waals surface area contributed by atoms with E-state index in [-0.39, 0.29) is 30.4 Å². The molecule has 116 valence electrons. The second-order valence-electron chi connectivity index (χ2n) is 6.38. The Morgan fingerprint density at radius 1 is 1.29 bits per heavy atom. The third kappa shape index (κ3) is 4.72. The van der Waals surface area contributed by atoms with E-state index in [0.29, 0.717) is 13.1 Å². The maximum atomic E-state index is 12.1. The minimum Gasteiger partial charge on any atom is -0.445 e. The number of hydrogen-bond acceptors (Lipinski definition) is 4. The molecule has 0 saturated carbocycles. The summed E-state index contributed by atoms with van der Waals surface area (Å²) in [7, 11) is 0. The summed E-state index contributed by atoms with van der Waals surface area (Å²) < 4.78 is 11.2. The van der Waals surface area contributed by atoms with Crippen LogP contribution in [-0.2, 0) is 16.1 Å². The SMILES string of the molecule is CC(C)(C)OC1CN(C(=O)OCc2ccccc2)CC1N. The van der Waals surface area contributed by atoms with Gasteiger partial charge in [0.1, 0.15) is 6.61 Å². The number of nitrogens with zero attached hydrogens (tertiary/aromatic N) is 1. The topological polar surface area (TPSA) is 64.8 Å². The zero-order valence-corrected chi connectivity index (χ0v) is 12.9. The summed E-state index contributed by atoms with van der Waals surface area (Å²) >= 11 is 0. The van der Waals surface area contributed by atoms with E-state index in [2.05, 4.69) is 0 Å². The van der Waals surface area contributed by atoms with Crippen molar-refractivity contribution in [2.45, 2.75) is 45.1 Å². The number of likely N-dealkylation sites (tertiary alicyclic amines) is 1. The third-order valence-corrected chi connectivity index (χ3v) is 3.28. The second-order valence-corrected chi connectivity index (χ2v) is 6.38. The predicted molar refractivity (Wildman–Crippen MR) is 80.8 cm³/mol. The number of nitrogens with two attached hydrogens (primary N) is 1. The van der Waals surface area contributed by atoms with E-state index in [1.165, 1.54) is 0 Å². The van der Waals surface area contributed by atoms with Crippen LogP contribution in [0.3, 0.4) is 0 Å². The maximum absolute atomic E-state index is 12.1. The fourth-order valence-corrected chi connectivity index (χ4v) is 2.34. The Morgan fingerprint density at radius 3 is 2.57 bits per heavy atom. The molecule has 0 aromatic heterocycles. The van der Waals surface area contributed by atoms with Crippen molar-refractivity contribution in [3.05, 3.63) is 35.9 Å². The molecule has 1 aliphatic rings. The zero-order chi connectivity index (χ0) is 15.5. The summed E-state index contributed by atoms with van der Waals surface area (Å²) in [6.07, 6.45) is -0.483. The Kier molecular flexibility index (Phi) is 4.85. The number of amides is 1. The van der Waals surface area contributed by atoms with E-state index in [1.807, 2.05) is 51.1 Å². The molecule has 5 heteroatoms. The summed E-state index contributed by atoms with van der Waals surface area (Å²) in [6, 6.07) is 9.44. The largest absolute Gasteiger partial charge is 0.445 e. The van der Waals surface area contributed by atoms with Crippen LogP contribution < -0.4 is 5.73 Å². The summed E-state index contributed by atoms with van der Waals surface area (Å²) in [5.74, 6) is 0. The standard InChI is InChI=1S/C16H24N2O3/c1-16(2,3)21-14-10-18(9-13(14)17)15(19)20-11-12-7-5-4-6-8-12/h4-8,13-14H,9-11,17H2,1-3H3. The zero-order valence-electron chi connectivity index (χ0n) is 12.9. The van der Waals surface area contributed by atoms with Crippen LogP contribution in [0.2, 0.25) is 0 Å². The monoisotopic (exact) mass is 292 g/mol. The van der Waals surface area contributed by atoms with Crippen molar-refractivity contribution in [3.63, 3.8) is 0 Å². The van der Waals surface area contributed by atoms with Gasteiger partial charge in [-0.3, -0.25) is 0 Å². The molecule has 0 bridgehead atoms. The minimum absolute atomic E-state index is 0.144. The highest BCUT2D eigenvalue weighted by molar-refractivity contribution is 5.68. The van der Waals surface area contributed by atoms with Crippen LogP contribution in [0.4, 0.5) is 4.79 Å². The first-order valence-electron chi connectivity index (χ1n) is 7.24. The molecular weight excluding hydrogens is 268 g/mol. The molecule has 2 rings (SSSR count). The van der Waals surface area contributed by atoms with Gasteiger partial charge in [0.25, 0.3) is 0 Å². The van der Waals surface area contributed by atoms with Crippen molar-refractivity contribution in [3.8, 4) is 0 Å². The lowest BCUT2D eigenvalue weighted by molar-refractivity contribution is -0.0590.